The van der Waals surface area contributed by atoms with Crippen molar-refractivity contribution in [1.82, 2.24) is 30.2 Å². The van der Waals surface area contributed by atoms with Crippen LogP contribution in [-0.2, 0) is 22.4 Å². The molecular formula is C35H34F2N10O2. The average molecular weight is 665 g/mol. The van der Waals surface area contributed by atoms with Crippen LogP contribution in [0.2, 0.25) is 0 Å². The number of amides is 2. The van der Waals surface area contributed by atoms with E-state index in [-0.39, 0.29) is 11.9 Å². The van der Waals surface area contributed by atoms with Crippen molar-refractivity contribution in [2.75, 3.05) is 36.0 Å². The number of H-pyrrole nitrogens is 2. The van der Waals surface area contributed by atoms with Crippen LogP contribution in [0.25, 0.3) is 22.4 Å². The Hall–Kier alpha value is -5.76. The number of likely N-dealkylation sites (tertiary alicyclic amines) is 2. The van der Waals surface area contributed by atoms with Gasteiger partial charge in [-0.3, -0.25) is 29.6 Å². The van der Waals surface area contributed by atoms with E-state index in [0.29, 0.717) is 26.1 Å². The van der Waals surface area contributed by atoms with Crippen LogP contribution >= 0.6 is 0 Å². The van der Waals surface area contributed by atoms with Crippen LogP contribution in [-0.4, -0.2) is 86.2 Å². The fourth-order valence-corrected chi connectivity index (χ4v) is 7.40. The zero-order valence-corrected chi connectivity index (χ0v) is 26.9. The quantitative estimate of drug-likeness (QED) is 0.305. The largest absolute Gasteiger partial charge is 0.310 e. The lowest BCUT2D eigenvalue weighted by atomic mass is 9.98. The molecule has 2 saturated heterocycles. The van der Waals surface area contributed by atoms with Crippen molar-refractivity contribution in [2.24, 2.45) is 0 Å². The summed E-state index contributed by atoms with van der Waals surface area (Å²) in [5.41, 5.74) is 8.79. The van der Waals surface area contributed by atoms with Crippen LogP contribution in [0.15, 0.2) is 54.9 Å². The maximum Gasteiger partial charge on any atom is 0.268 e. The maximum absolute atomic E-state index is 13.7. The number of carbonyl (C=O) groups is 2. The summed E-state index contributed by atoms with van der Waals surface area (Å²) in [7, 11) is 0. The number of anilines is 2. The van der Waals surface area contributed by atoms with E-state index >= 15 is 0 Å². The van der Waals surface area contributed by atoms with Crippen molar-refractivity contribution in [3.8, 4) is 34.8 Å². The molecule has 2 aromatic heterocycles. The van der Waals surface area contributed by atoms with Gasteiger partial charge in [0.05, 0.1) is 18.4 Å². The number of benzene rings is 2. The van der Waals surface area contributed by atoms with Gasteiger partial charge in [0.2, 0.25) is 5.91 Å². The number of nitriles is 2. The molecule has 8 rings (SSSR count). The lowest BCUT2D eigenvalue weighted by Crippen LogP contribution is -2.43. The molecule has 2 amide bonds. The summed E-state index contributed by atoms with van der Waals surface area (Å²) in [6.07, 6.45) is 9.89. The first-order valence-electron chi connectivity index (χ1n) is 16.3. The minimum atomic E-state index is -3.02. The molecule has 0 bridgehead atoms. The van der Waals surface area contributed by atoms with Gasteiger partial charge in [-0.25, -0.2) is 8.78 Å². The van der Waals surface area contributed by atoms with Crippen molar-refractivity contribution < 1.29 is 18.4 Å². The Kier molecular flexibility index (Phi) is 8.24. The summed E-state index contributed by atoms with van der Waals surface area (Å²) in [4.78, 5) is 31.6. The van der Waals surface area contributed by atoms with Crippen LogP contribution < -0.4 is 9.80 Å². The Morgan fingerprint density at radius 3 is 2.41 bits per heavy atom. The lowest BCUT2D eigenvalue weighted by Gasteiger charge is -2.24. The molecule has 0 aliphatic carbocycles. The summed E-state index contributed by atoms with van der Waals surface area (Å²) in [5.74, 6) is -3.41. The SMILES string of the molecule is Cc1[nH]ncc1-c1cccc2c1CCN2C(=O)[C@@H]1CC(F)(F)CN1C#N.N#CN1CCC[C@H]1C(=O)N1CCc2cc(-c3ccn[nH]3)ccc21. The summed E-state index contributed by atoms with van der Waals surface area (Å²) in [6, 6.07) is 12.3. The minimum Gasteiger partial charge on any atom is -0.310 e. The number of rotatable bonds is 4. The van der Waals surface area contributed by atoms with Gasteiger partial charge >= 0.3 is 0 Å². The minimum absolute atomic E-state index is 0.0529. The Balaban J connectivity index is 0.000000155. The summed E-state index contributed by atoms with van der Waals surface area (Å²) < 4.78 is 27.4. The van der Waals surface area contributed by atoms with Gasteiger partial charge in [0, 0.05) is 54.9 Å². The van der Waals surface area contributed by atoms with Crippen molar-refractivity contribution in [3.63, 3.8) is 0 Å². The first-order valence-corrected chi connectivity index (χ1v) is 16.3. The topological polar surface area (TPSA) is 152 Å². The molecule has 0 saturated carbocycles. The van der Waals surface area contributed by atoms with Gasteiger partial charge in [-0.05, 0) is 79.1 Å². The molecule has 0 unspecified atom stereocenters. The first-order chi connectivity index (χ1) is 23.7. The maximum atomic E-state index is 13.7. The second-order valence-electron chi connectivity index (χ2n) is 12.8. The number of hydrogen-bond donors (Lipinski definition) is 2. The molecule has 4 aromatic rings. The molecule has 250 valence electrons. The Morgan fingerprint density at radius 2 is 1.67 bits per heavy atom. The Bertz CT molecular complexity index is 1980. The first kappa shape index (κ1) is 31.8. The monoisotopic (exact) mass is 664 g/mol. The fraction of sp³-hybridized carbons (Fsp3) is 0.371. The van der Waals surface area contributed by atoms with Crippen molar-refractivity contribution in [1.29, 1.82) is 10.5 Å². The lowest BCUT2D eigenvalue weighted by molar-refractivity contribution is -0.122. The molecule has 14 heteroatoms. The predicted molar refractivity (Wildman–Crippen MR) is 176 cm³/mol. The van der Waals surface area contributed by atoms with E-state index in [2.05, 4.69) is 32.7 Å². The number of nitrogens with zero attached hydrogens (tertiary/aromatic N) is 8. The third kappa shape index (κ3) is 5.84. The standard InChI is InChI=1S/C18H17F2N5O.C17H17N5O/c1-11-14(8-22-23-11)12-3-2-4-15-13(12)5-6-25(15)17(26)16-7-18(19,20)9-24(16)10-21;18-11-21-8-1-2-16(21)17(23)22-9-6-13-10-12(3-4-15(13)22)14-5-7-19-20-14/h2-4,8,16H,5-7,9H2,1H3,(H,22,23);3-5,7,10,16H,1-2,6,8-9H2,(H,19,20)/t2*16-/m00/s1. The number of aromatic nitrogens is 4. The van der Waals surface area contributed by atoms with Crippen LogP contribution in [0.5, 0.6) is 0 Å². The second-order valence-corrected chi connectivity index (χ2v) is 12.8. The van der Waals surface area contributed by atoms with E-state index in [1.165, 1.54) is 10.5 Å². The number of halogens is 2. The highest BCUT2D eigenvalue weighted by molar-refractivity contribution is 6.01. The van der Waals surface area contributed by atoms with Crippen LogP contribution in [0.1, 0.15) is 36.1 Å². The Labute approximate surface area is 281 Å². The van der Waals surface area contributed by atoms with E-state index in [1.54, 1.807) is 23.5 Å². The van der Waals surface area contributed by atoms with Gasteiger partial charge in [0.1, 0.15) is 12.1 Å². The zero-order valence-electron chi connectivity index (χ0n) is 26.9. The number of aromatic amines is 2. The molecule has 2 N–H and O–H groups in total. The van der Waals surface area contributed by atoms with Gasteiger partial charge in [0.15, 0.2) is 12.4 Å². The predicted octanol–water partition coefficient (Wildman–Crippen LogP) is 4.38. The average Bonchev–Trinajstić information content (AvgIpc) is 3.95. The number of nitrogens with one attached hydrogen (secondary N) is 2. The molecule has 4 aliphatic heterocycles. The van der Waals surface area contributed by atoms with Gasteiger partial charge in [-0.15, -0.1) is 0 Å². The highest BCUT2D eigenvalue weighted by atomic mass is 19.3. The van der Waals surface area contributed by atoms with Gasteiger partial charge in [-0.2, -0.15) is 20.7 Å². The molecule has 12 nitrogen and oxygen atoms in total. The molecule has 6 heterocycles. The zero-order chi connectivity index (χ0) is 34.3. The van der Waals surface area contributed by atoms with E-state index in [1.807, 2.05) is 48.2 Å². The smallest absolute Gasteiger partial charge is 0.268 e. The molecule has 49 heavy (non-hydrogen) atoms. The van der Waals surface area contributed by atoms with E-state index in [9.17, 15) is 18.4 Å². The summed E-state index contributed by atoms with van der Waals surface area (Å²) in [6.45, 7) is 3.02. The summed E-state index contributed by atoms with van der Waals surface area (Å²) in [5, 5.41) is 32.2. The van der Waals surface area contributed by atoms with Crippen LogP contribution in [0.4, 0.5) is 20.2 Å². The number of fused-ring (bicyclic) bond motifs is 2. The van der Waals surface area contributed by atoms with Crippen molar-refractivity contribution in [3.05, 3.63) is 71.7 Å². The molecule has 0 radical (unpaired) electrons. The van der Waals surface area contributed by atoms with E-state index in [0.717, 1.165) is 69.2 Å². The number of aryl methyl sites for hydroxylation is 1. The third-order valence-electron chi connectivity index (χ3n) is 9.82. The second kappa shape index (κ2) is 12.7. The normalized spacial score (nSPS) is 20.3. The molecule has 0 spiro atoms. The van der Waals surface area contributed by atoms with Gasteiger partial charge in [0.25, 0.3) is 11.8 Å². The van der Waals surface area contributed by atoms with Gasteiger partial charge < -0.3 is 9.80 Å². The van der Waals surface area contributed by atoms with Gasteiger partial charge in [-0.1, -0.05) is 18.2 Å². The molecule has 2 fully saturated rings. The molecule has 2 aromatic carbocycles. The van der Waals surface area contributed by atoms with E-state index in [4.69, 9.17) is 10.5 Å². The molecular weight excluding hydrogens is 630 g/mol. The Morgan fingerprint density at radius 1 is 0.898 bits per heavy atom. The molecule has 4 aliphatic rings. The van der Waals surface area contributed by atoms with Crippen molar-refractivity contribution in [2.45, 2.75) is 57.0 Å². The third-order valence-corrected chi connectivity index (χ3v) is 9.82. The number of carbonyl (C=O) groups excluding carboxylic acids is 2. The van der Waals surface area contributed by atoms with Crippen molar-refractivity contribution >= 4 is 23.2 Å². The van der Waals surface area contributed by atoms with Crippen LogP contribution in [0, 0.1) is 29.8 Å². The highest BCUT2D eigenvalue weighted by Gasteiger charge is 2.50. The fourth-order valence-electron chi connectivity index (χ4n) is 7.40. The van der Waals surface area contributed by atoms with E-state index < -0.39 is 30.8 Å². The highest BCUT2D eigenvalue weighted by Crippen LogP contribution is 2.40. The number of alkyl halides is 2. The summed E-state index contributed by atoms with van der Waals surface area (Å²) >= 11 is 0. The number of hydrogen-bond acceptors (Lipinski definition) is 8. The molecule has 2 atom stereocenters. The van der Waals surface area contributed by atoms with Crippen LogP contribution in [0.3, 0.4) is 0 Å².